The van der Waals surface area contributed by atoms with Crippen LogP contribution in [0.5, 0.6) is 0 Å². The monoisotopic (exact) mass is 250 g/mol. The van der Waals surface area contributed by atoms with Gasteiger partial charge in [-0.2, -0.15) is 5.10 Å². The molecule has 1 aromatic heterocycles. The zero-order chi connectivity index (χ0) is 12.4. The van der Waals surface area contributed by atoms with Crippen molar-refractivity contribution in [3.8, 4) is 5.69 Å². The molecule has 0 spiro atoms. The smallest absolute Gasteiger partial charge is 0.172 e. The number of amidine groups is 1. The lowest BCUT2D eigenvalue weighted by molar-refractivity contribution is 0.318. The third-order valence-electron chi connectivity index (χ3n) is 2.31. The summed E-state index contributed by atoms with van der Waals surface area (Å²) >= 11 is 5.94. The molecule has 88 valence electrons. The van der Waals surface area contributed by atoms with Gasteiger partial charge in [0.2, 0.25) is 0 Å². The van der Waals surface area contributed by atoms with E-state index in [4.69, 9.17) is 22.5 Å². The fourth-order valence-corrected chi connectivity index (χ4v) is 1.68. The Balaban J connectivity index is 2.62. The Morgan fingerprint density at radius 1 is 1.47 bits per heavy atom. The molecule has 0 aliphatic heterocycles. The van der Waals surface area contributed by atoms with E-state index in [0.29, 0.717) is 16.3 Å². The van der Waals surface area contributed by atoms with Gasteiger partial charge in [0.25, 0.3) is 0 Å². The van der Waals surface area contributed by atoms with Crippen molar-refractivity contribution in [1.82, 2.24) is 9.78 Å². The number of aryl methyl sites for hydroxylation is 1. The molecular formula is C11H11ClN4O. The Labute approximate surface area is 103 Å². The minimum Gasteiger partial charge on any atom is -0.409 e. The van der Waals surface area contributed by atoms with Crippen LogP contribution in [-0.2, 0) is 0 Å². The van der Waals surface area contributed by atoms with Crippen molar-refractivity contribution in [2.45, 2.75) is 6.92 Å². The molecule has 6 heteroatoms. The number of nitrogens with two attached hydrogens (primary N) is 1. The minimum atomic E-state index is 0.0184. The molecule has 0 bridgehead atoms. The number of hydrogen-bond donors (Lipinski definition) is 2. The number of nitrogens with zero attached hydrogens (tertiary/aromatic N) is 3. The molecule has 1 aromatic carbocycles. The zero-order valence-electron chi connectivity index (χ0n) is 9.13. The summed E-state index contributed by atoms with van der Waals surface area (Å²) in [7, 11) is 0. The van der Waals surface area contributed by atoms with Crippen LogP contribution < -0.4 is 5.73 Å². The second-order valence-corrected chi connectivity index (χ2v) is 3.98. The van der Waals surface area contributed by atoms with E-state index in [2.05, 4.69) is 10.3 Å². The third kappa shape index (κ3) is 2.24. The number of aromatic nitrogens is 2. The van der Waals surface area contributed by atoms with E-state index in [1.807, 2.05) is 13.0 Å². The van der Waals surface area contributed by atoms with Crippen molar-refractivity contribution < 1.29 is 5.21 Å². The van der Waals surface area contributed by atoms with Gasteiger partial charge in [-0.05, 0) is 31.2 Å². The Morgan fingerprint density at radius 2 is 2.24 bits per heavy atom. The Kier molecular flexibility index (Phi) is 3.01. The molecule has 0 amide bonds. The van der Waals surface area contributed by atoms with Crippen LogP contribution in [0.4, 0.5) is 0 Å². The molecule has 5 nitrogen and oxygen atoms in total. The molecule has 2 rings (SSSR count). The van der Waals surface area contributed by atoms with Gasteiger partial charge in [0.15, 0.2) is 5.84 Å². The lowest BCUT2D eigenvalue weighted by Crippen LogP contribution is -2.16. The summed E-state index contributed by atoms with van der Waals surface area (Å²) in [5, 5.41) is 16.5. The van der Waals surface area contributed by atoms with E-state index in [-0.39, 0.29) is 5.84 Å². The summed E-state index contributed by atoms with van der Waals surface area (Å²) in [4.78, 5) is 0. The van der Waals surface area contributed by atoms with E-state index >= 15 is 0 Å². The predicted octanol–water partition coefficient (Wildman–Crippen LogP) is 1.93. The first-order chi connectivity index (χ1) is 8.11. The van der Waals surface area contributed by atoms with Crippen LogP contribution in [0.1, 0.15) is 11.3 Å². The molecule has 0 fully saturated rings. The summed E-state index contributed by atoms with van der Waals surface area (Å²) in [6.45, 7) is 1.88. The van der Waals surface area contributed by atoms with Crippen molar-refractivity contribution in [3.05, 3.63) is 46.7 Å². The fourth-order valence-electron chi connectivity index (χ4n) is 1.51. The molecular weight excluding hydrogens is 240 g/mol. The lowest BCUT2D eigenvalue weighted by atomic mass is 10.1. The molecule has 0 aliphatic rings. The molecule has 0 saturated heterocycles. The van der Waals surface area contributed by atoms with Crippen molar-refractivity contribution in [2.24, 2.45) is 10.9 Å². The van der Waals surface area contributed by atoms with E-state index < -0.39 is 0 Å². The SMILES string of the molecule is Cc1ccn(-c2cc(Cl)ccc2C(N)=NO)n1. The van der Waals surface area contributed by atoms with E-state index in [0.717, 1.165) is 5.69 Å². The van der Waals surface area contributed by atoms with Gasteiger partial charge in [0.05, 0.1) is 11.4 Å². The van der Waals surface area contributed by atoms with Crippen LogP contribution in [-0.4, -0.2) is 20.8 Å². The second kappa shape index (κ2) is 4.47. The maximum absolute atomic E-state index is 8.73. The summed E-state index contributed by atoms with van der Waals surface area (Å²) in [6.07, 6.45) is 1.79. The zero-order valence-corrected chi connectivity index (χ0v) is 9.89. The van der Waals surface area contributed by atoms with Gasteiger partial charge in [-0.25, -0.2) is 4.68 Å². The maximum atomic E-state index is 8.73. The molecule has 0 saturated carbocycles. The van der Waals surface area contributed by atoms with Crippen molar-refractivity contribution in [1.29, 1.82) is 0 Å². The number of rotatable bonds is 2. The average Bonchev–Trinajstić information content (AvgIpc) is 2.75. The summed E-state index contributed by atoms with van der Waals surface area (Å²) in [6, 6.07) is 6.93. The first kappa shape index (κ1) is 11.5. The Morgan fingerprint density at radius 3 is 2.82 bits per heavy atom. The molecule has 0 aliphatic carbocycles. The predicted molar refractivity (Wildman–Crippen MR) is 65.8 cm³/mol. The molecule has 0 unspecified atom stereocenters. The van der Waals surface area contributed by atoms with Crippen molar-refractivity contribution >= 4 is 17.4 Å². The molecule has 17 heavy (non-hydrogen) atoms. The average molecular weight is 251 g/mol. The fraction of sp³-hybridized carbons (Fsp3) is 0.0909. The highest BCUT2D eigenvalue weighted by atomic mass is 35.5. The quantitative estimate of drug-likeness (QED) is 0.370. The standard InChI is InChI=1S/C11H11ClN4O/c1-7-4-5-16(14-7)10-6-8(12)2-3-9(10)11(13)15-17/h2-6,17H,1H3,(H2,13,15). The minimum absolute atomic E-state index is 0.0184. The Hall–Kier alpha value is -2.01. The van der Waals surface area contributed by atoms with Crippen LogP contribution in [0.15, 0.2) is 35.6 Å². The van der Waals surface area contributed by atoms with Crippen molar-refractivity contribution in [2.75, 3.05) is 0 Å². The summed E-state index contributed by atoms with van der Waals surface area (Å²) < 4.78 is 1.63. The largest absolute Gasteiger partial charge is 0.409 e. The summed E-state index contributed by atoms with van der Waals surface area (Å²) in [5.41, 5.74) is 7.71. The van der Waals surface area contributed by atoms with Crippen molar-refractivity contribution in [3.63, 3.8) is 0 Å². The van der Waals surface area contributed by atoms with Gasteiger partial charge in [-0.1, -0.05) is 16.8 Å². The lowest BCUT2D eigenvalue weighted by Gasteiger charge is -2.08. The molecule has 2 aromatic rings. The van der Waals surface area contributed by atoms with Crippen LogP contribution in [0.2, 0.25) is 5.02 Å². The number of hydrogen-bond acceptors (Lipinski definition) is 3. The van der Waals surface area contributed by atoms with E-state index in [1.165, 1.54) is 0 Å². The molecule has 3 N–H and O–H groups in total. The Bertz CT molecular complexity index is 577. The van der Waals surface area contributed by atoms with Crippen LogP contribution in [0, 0.1) is 6.92 Å². The van der Waals surface area contributed by atoms with Crippen LogP contribution >= 0.6 is 11.6 Å². The first-order valence-corrected chi connectivity index (χ1v) is 5.29. The highest BCUT2D eigenvalue weighted by Crippen LogP contribution is 2.19. The third-order valence-corrected chi connectivity index (χ3v) is 2.55. The van der Waals surface area contributed by atoms with Gasteiger partial charge < -0.3 is 10.9 Å². The topological polar surface area (TPSA) is 76.4 Å². The molecule has 1 heterocycles. The normalized spacial score (nSPS) is 11.8. The van der Waals surface area contributed by atoms with E-state index in [1.54, 1.807) is 29.1 Å². The number of benzene rings is 1. The van der Waals surface area contributed by atoms with Crippen LogP contribution in [0.25, 0.3) is 5.69 Å². The molecule has 0 radical (unpaired) electrons. The van der Waals surface area contributed by atoms with Gasteiger partial charge in [0.1, 0.15) is 0 Å². The number of oxime groups is 1. The van der Waals surface area contributed by atoms with Crippen LogP contribution in [0.3, 0.4) is 0 Å². The van der Waals surface area contributed by atoms with Gasteiger partial charge in [0, 0.05) is 16.8 Å². The highest BCUT2D eigenvalue weighted by molar-refractivity contribution is 6.31. The van der Waals surface area contributed by atoms with Gasteiger partial charge in [-0.15, -0.1) is 0 Å². The maximum Gasteiger partial charge on any atom is 0.172 e. The summed E-state index contributed by atoms with van der Waals surface area (Å²) in [5.74, 6) is 0.0184. The first-order valence-electron chi connectivity index (χ1n) is 4.92. The van der Waals surface area contributed by atoms with Gasteiger partial charge >= 0.3 is 0 Å². The second-order valence-electron chi connectivity index (χ2n) is 3.55. The number of halogens is 1. The molecule has 0 atom stereocenters. The highest BCUT2D eigenvalue weighted by Gasteiger charge is 2.10. The van der Waals surface area contributed by atoms with E-state index in [9.17, 15) is 0 Å². The van der Waals surface area contributed by atoms with Gasteiger partial charge in [-0.3, -0.25) is 0 Å².